The van der Waals surface area contributed by atoms with E-state index in [1.165, 1.54) is 3.97 Å². The summed E-state index contributed by atoms with van der Waals surface area (Å²) in [4.78, 5) is 3.52. The molecule has 0 radical (unpaired) electrons. The van der Waals surface area contributed by atoms with Gasteiger partial charge in [-0.3, -0.25) is 0 Å². The molecule has 0 spiro atoms. The number of rotatable bonds is 4. The number of aromatic amines is 1. The van der Waals surface area contributed by atoms with Gasteiger partial charge in [-0.05, 0) is 49.2 Å². The van der Waals surface area contributed by atoms with Crippen molar-refractivity contribution >= 4 is 43.4 Å². The molecule has 0 aliphatic heterocycles. The van der Waals surface area contributed by atoms with E-state index < -0.39 is 10.0 Å². The van der Waals surface area contributed by atoms with Crippen LogP contribution in [0.15, 0.2) is 77.8 Å². The summed E-state index contributed by atoms with van der Waals surface area (Å²) in [5.74, 6) is 0. The molecule has 0 atom stereocenters. The van der Waals surface area contributed by atoms with Crippen molar-refractivity contribution in [1.29, 1.82) is 0 Å². The minimum atomic E-state index is -3.78. The summed E-state index contributed by atoms with van der Waals surface area (Å²) in [7, 11) is -3.78. The summed E-state index contributed by atoms with van der Waals surface area (Å²) in [6.45, 7) is 3.93. The number of fused-ring (bicyclic) bond motifs is 2. The molecule has 156 valence electrons. The van der Waals surface area contributed by atoms with E-state index in [0.717, 1.165) is 38.7 Å². The first-order valence-corrected chi connectivity index (χ1v) is 11.9. The first kappa shape index (κ1) is 19.9. The van der Waals surface area contributed by atoms with Crippen LogP contribution in [0.3, 0.4) is 0 Å². The van der Waals surface area contributed by atoms with Gasteiger partial charge >= 0.3 is 0 Å². The van der Waals surface area contributed by atoms with Crippen LogP contribution in [0.25, 0.3) is 21.8 Å². The van der Waals surface area contributed by atoms with Crippen molar-refractivity contribution in [2.24, 2.45) is 0 Å². The van der Waals surface area contributed by atoms with E-state index in [1.807, 2.05) is 74.6 Å². The van der Waals surface area contributed by atoms with Crippen LogP contribution in [-0.2, 0) is 16.4 Å². The van der Waals surface area contributed by atoms with Crippen LogP contribution in [0.5, 0.6) is 0 Å². The standard InChI is InChI=1S/C25H21ClN2O2S/c1-16-10-12-19(13-11-16)31(29,30)28-23-9-4-3-6-20(23)17(2)24(28)14-18-15-27-25-21(18)7-5-8-22(25)26/h3-13,15,27H,14H2,1-2H3. The van der Waals surface area contributed by atoms with Crippen LogP contribution in [0, 0.1) is 13.8 Å². The topological polar surface area (TPSA) is 54.9 Å². The lowest BCUT2D eigenvalue weighted by molar-refractivity contribution is 0.587. The molecular weight excluding hydrogens is 428 g/mol. The molecule has 3 aromatic carbocycles. The summed E-state index contributed by atoms with van der Waals surface area (Å²) in [6.07, 6.45) is 2.38. The molecule has 0 unspecified atom stereocenters. The molecule has 1 N–H and O–H groups in total. The maximum atomic E-state index is 13.8. The first-order valence-electron chi connectivity index (χ1n) is 10.0. The van der Waals surface area contributed by atoms with Crippen LogP contribution in [0.2, 0.25) is 5.02 Å². The number of aromatic nitrogens is 2. The number of nitrogens with zero attached hydrogens (tertiary/aromatic N) is 1. The maximum absolute atomic E-state index is 13.8. The zero-order chi connectivity index (χ0) is 21.8. The normalized spacial score (nSPS) is 12.1. The molecule has 0 saturated carbocycles. The highest BCUT2D eigenvalue weighted by atomic mass is 35.5. The third kappa shape index (κ3) is 3.16. The number of hydrogen-bond donors (Lipinski definition) is 1. The average molecular weight is 449 g/mol. The van der Waals surface area contributed by atoms with Crippen molar-refractivity contribution < 1.29 is 8.42 Å². The van der Waals surface area contributed by atoms with Gasteiger partial charge < -0.3 is 4.98 Å². The van der Waals surface area contributed by atoms with Crippen molar-refractivity contribution in [3.63, 3.8) is 0 Å². The van der Waals surface area contributed by atoms with Gasteiger partial charge in [-0.15, -0.1) is 0 Å². The maximum Gasteiger partial charge on any atom is 0.268 e. The number of benzene rings is 3. The second-order valence-electron chi connectivity index (χ2n) is 7.82. The SMILES string of the molecule is Cc1ccc(S(=O)(=O)n2c(Cc3c[nH]c4c(Cl)cccc34)c(C)c3ccccc32)cc1. The molecule has 0 saturated heterocycles. The predicted molar refractivity (Wildman–Crippen MR) is 127 cm³/mol. The Kier molecular flexibility index (Phi) is 4.68. The van der Waals surface area contributed by atoms with Gasteiger partial charge in [0.25, 0.3) is 10.0 Å². The van der Waals surface area contributed by atoms with Crippen molar-refractivity contribution in [3.8, 4) is 0 Å². The highest BCUT2D eigenvalue weighted by molar-refractivity contribution is 7.90. The van der Waals surface area contributed by atoms with Crippen LogP contribution in [0.1, 0.15) is 22.4 Å². The Bertz CT molecular complexity index is 1540. The molecule has 0 aliphatic rings. The Morgan fingerprint density at radius 2 is 1.61 bits per heavy atom. The van der Waals surface area contributed by atoms with Gasteiger partial charge in [-0.25, -0.2) is 12.4 Å². The number of hydrogen-bond acceptors (Lipinski definition) is 2. The Balaban J connectivity index is 1.76. The summed E-state index contributed by atoms with van der Waals surface area (Å²) in [6, 6.07) is 20.4. The van der Waals surface area contributed by atoms with E-state index in [9.17, 15) is 8.42 Å². The van der Waals surface area contributed by atoms with Gasteiger partial charge in [0.1, 0.15) is 0 Å². The minimum absolute atomic E-state index is 0.280. The lowest BCUT2D eigenvalue weighted by Crippen LogP contribution is -2.16. The van der Waals surface area contributed by atoms with E-state index in [2.05, 4.69) is 4.98 Å². The third-order valence-electron chi connectivity index (χ3n) is 5.87. The number of halogens is 1. The lowest BCUT2D eigenvalue weighted by Gasteiger charge is -2.13. The molecule has 2 heterocycles. The van der Waals surface area contributed by atoms with Gasteiger partial charge in [0.05, 0.1) is 21.0 Å². The highest BCUT2D eigenvalue weighted by Gasteiger charge is 2.26. The second kappa shape index (κ2) is 7.29. The minimum Gasteiger partial charge on any atom is -0.360 e. The van der Waals surface area contributed by atoms with E-state index in [4.69, 9.17) is 11.6 Å². The summed E-state index contributed by atoms with van der Waals surface area (Å²) >= 11 is 6.33. The number of para-hydroxylation sites is 2. The monoisotopic (exact) mass is 448 g/mol. The first-order chi connectivity index (χ1) is 14.9. The van der Waals surface area contributed by atoms with Crippen LogP contribution >= 0.6 is 11.6 Å². The fraction of sp³-hybridized carbons (Fsp3) is 0.120. The fourth-order valence-electron chi connectivity index (χ4n) is 4.22. The number of aryl methyl sites for hydroxylation is 2. The van der Waals surface area contributed by atoms with Gasteiger partial charge in [0.2, 0.25) is 0 Å². The molecule has 5 aromatic rings. The molecule has 6 heteroatoms. The average Bonchev–Trinajstić information content (AvgIpc) is 3.29. The van der Waals surface area contributed by atoms with Gasteiger partial charge in [-0.1, -0.05) is 59.6 Å². The third-order valence-corrected chi connectivity index (χ3v) is 7.95. The van der Waals surface area contributed by atoms with Crippen molar-refractivity contribution in [3.05, 3.63) is 100 Å². The molecule has 31 heavy (non-hydrogen) atoms. The molecule has 0 amide bonds. The largest absolute Gasteiger partial charge is 0.360 e. The Morgan fingerprint density at radius 3 is 2.39 bits per heavy atom. The van der Waals surface area contributed by atoms with Gasteiger partial charge in [-0.2, -0.15) is 0 Å². The fourth-order valence-corrected chi connectivity index (χ4v) is 6.05. The van der Waals surface area contributed by atoms with E-state index >= 15 is 0 Å². The molecule has 5 rings (SSSR count). The Hall–Kier alpha value is -3.02. The zero-order valence-corrected chi connectivity index (χ0v) is 18.8. The molecular formula is C25H21ClN2O2S. The van der Waals surface area contributed by atoms with Crippen molar-refractivity contribution in [2.45, 2.75) is 25.2 Å². The molecule has 0 fully saturated rings. The highest BCUT2D eigenvalue weighted by Crippen LogP contribution is 2.33. The Labute approximate surface area is 186 Å². The molecule has 0 bridgehead atoms. The lowest BCUT2D eigenvalue weighted by atomic mass is 10.1. The molecule has 0 aliphatic carbocycles. The second-order valence-corrected chi connectivity index (χ2v) is 10.0. The molecule has 2 aromatic heterocycles. The predicted octanol–water partition coefficient (Wildman–Crippen LogP) is 6.22. The number of H-pyrrole nitrogens is 1. The zero-order valence-electron chi connectivity index (χ0n) is 17.2. The van der Waals surface area contributed by atoms with E-state index in [1.54, 1.807) is 12.1 Å². The van der Waals surface area contributed by atoms with Crippen LogP contribution in [-0.4, -0.2) is 17.4 Å². The summed E-state index contributed by atoms with van der Waals surface area (Å²) in [5.41, 5.74) is 5.28. The molecule has 4 nitrogen and oxygen atoms in total. The summed E-state index contributed by atoms with van der Waals surface area (Å²) < 4.78 is 29.1. The van der Waals surface area contributed by atoms with Gasteiger partial charge in [0, 0.05) is 29.1 Å². The van der Waals surface area contributed by atoms with Gasteiger partial charge in [0.15, 0.2) is 0 Å². The summed E-state index contributed by atoms with van der Waals surface area (Å²) in [5, 5.41) is 2.58. The van der Waals surface area contributed by atoms with Crippen LogP contribution in [0.4, 0.5) is 0 Å². The Morgan fingerprint density at radius 1 is 0.903 bits per heavy atom. The smallest absolute Gasteiger partial charge is 0.268 e. The van der Waals surface area contributed by atoms with Crippen LogP contribution < -0.4 is 0 Å². The van der Waals surface area contributed by atoms with Crippen molar-refractivity contribution in [2.75, 3.05) is 0 Å². The number of nitrogens with one attached hydrogen (secondary N) is 1. The van der Waals surface area contributed by atoms with E-state index in [-0.39, 0.29) is 4.90 Å². The quantitative estimate of drug-likeness (QED) is 0.354. The van der Waals surface area contributed by atoms with Crippen molar-refractivity contribution in [1.82, 2.24) is 8.96 Å². The van der Waals surface area contributed by atoms with E-state index in [0.29, 0.717) is 17.0 Å².